The first-order valence-electron chi connectivity index (χ1n) is 9.37. The third-order valence-electron chi connectivity index (χ3n) is 4.83. The Labute approximate surface area is 174 Å². The molecule has 1 unspecified atom stereocenters. The first kappa shape index (κ1) is 22.5. The van der Waals surface area contributed by atoms with Gasteiger partial charge in [-0.25, -0.2) is 0 Å². The van der Waals surface area contributed by atoms with Gasteiger partial charge in [0.1, 0.15) is 5.75 Å². The van der Waals surface area contributed by atoms with E-state index in [-0.39, 0.29) is 43.6 Å². The van der Waals surface area contributed by atoms with Crippen molar-refractivity contribution in [1.82, 2.24) is 10.2 Å². The van der Waals surface area contributed by atoms with E-state index in [0.717, 1.165) is 12.1 Å². The second-order valence-corrected chi connectivity index (χ2v) is 7.11. The minimum Gasteiger partial charge on any atom is -0.435 e. The minimum atomic E-state index is -4.47. The summed E-state index contributed by atoms with van der Waals surface area (Å²) in [5.74, 6) is -1.31. The lowest BCUT2D eigenvalue weighted by molar-refractivity contribution is -0.137. The molecule has 2 aromatic rings. The molecule has 0 aromatic heterocycles. The topological polar surface area (TPSA) is 58.6 Å². The molecule has 0 radical (unpaired) electrons. The summed E-state index contributed by atoms with van der Waals surface area (Å²) in [5, 5.41) is 2.68. The Hall–Kier alpha value is -3.17. The lowest BCUT2D eigenvalue weighted by Crippen LogP contribution is -2.32. The van der Waals surface area contributed by atoms with Gasteiger partial charge in [-0.05, 0) is 35.4 Å². The minimum absolute atomic E-state index is 0.00306. The molecule has 0 bridgehead atoms. The normalized spacial score (nSPS) is 16.6. The van der Waals surface area contributed by atoms with Crippen molar-refractivity contribution in [3.63, 3.8) is 0 Å². The number of rotatable bonds is 7. The van der Waals surface area contributed by atoms with Crippen LogP contribution in [0.1, 0.15) is 23.1 Å². The van der Waals surface area contributed by atoms with Crippen LogP contribution in [0, 0.1) is 5.92 Å². The number of nitrogens with zero attached hydrogens (tertiary/aromatic N) is 1. The number of likely N-dealkylation sites (tertiary alicyclic amines) is 1. The van der Waals surface area contributed by atoms with Crippen molar-refractivity contribution in [3.8, 4) is 5.75 Å². The van der Waals surface area contributed by atoms with Crippen molar-refractivity contribution in [2.45, 2.75) is 32.3 Å². The van der Waals surface area contributed by atoms with Gasteiger partial charge in [-0.2, -0.15) is 22.0 Å². The SMILES string of the molecule is O=C(NCc1ccc(OC(F)F)cc1)C1CC(=O)N(Cc2cccc(C(F)(F)F)c2)C1. The summed E-state index contributed by atoms with van der Waals surface area (Å²) in [6.45, 7) is -2.71. The number of alkyl halides is 5. The van der Waals surface area contributed by atoms with Crippen LogP contribution >= 0.6 is 0 Å². The van der Waals surface area contributed by atoms with Gasteiger partial charge in [-0.1, -0.05) is 24.3 Å². The zero-order valence-corrected chi connectivity index (χ0v) is 16.2. The highest BCUT2D eigenvalue weighted by molar-refractivity contribution is 5.89. The van der Waals surface area contributed by atoms with Crippen molar-refractivity contribution < 1.29 is 36.3 Å². The first-order valence-corrected chi connectivity index (χ1v) is 9.37. The van der Waals surface area contributed by atoms with E-state index in [0.29, 0.717) is 11.1 Å². The summed E-state index contributed by atoms with van der Waals surface area (Å²) in [6, 6.07) is 10.5. The standard InChI is InChI=1S/C21H19F5N2O3/c22-20(23)31-17-6-4-13(5-7-17)10-27-19(30)15-9-18(29)28(12-15)11-14-2-1-3-16(8-14)21(24,25)26/h1-8,15,20H,9-12H2,(H,27,30). The maximum Gasteiger partial charge on any atom is 0.416 e. The lowest BCUT2D eigenvalue weighted by atomic mass is 10.1. The van der Waals surface area contributed by atoms with Crippen molar-refractivity contribution in [3.05, 3.63) is 65.2 Å². The average Bonchev–Trinajstić information content (AvgIpc) is 3.07. The van der Waals surface area contributed by atoms with Crippen molar-refractivity contribution >= 4 is 11.8 Å². The molecule has 166 valence electrons. The Morgan fingerprint density at radius 3 is 2.48 bits per heavy atom. The molecule has 1 heterocycles. The highest BCUT2D eigenvalue weighted by Crippen LogP contribution is 2.30. The summed E-state index contributed by atoms with van der Waals surface area (Å²) >= 11 is 0. The Balaban J connectivity index is 1.53. The number of halogens is 5. The maximum atomic E-state index is 12.9. The summed E-state index contributed by atoms with van der Waals surface area (Å²) in [6.07, 6.45) is -4.51. The number of nitrogens with one attached hydrogen (secondary N) is 1. The van der Waals surface area contributed by atoms with Gasteiger partial charge in [-0.15, -0.1) is 0 Å². The van der Waals surface area contributed by atoms with Gasteiger partial charge in [0.05, 0.1) is 11.5 Å². The second kappa shape index (κ2) is 9.32. The molecule has 1 N–H and O–H groups in total. The van der Waals surface area contributed by atoms with Crippen molar-refractivity contribution in [1.29, 1.82) is 0 Å². The molecule has 0 saturated carbocycles. The Morgan fingerprint density at radius 1 is 1.13 bits per heavy atom. The van der Waals surface area contributed by atoms with Gasteiger partial charge in [-0.3, -0.25) is 9.59 Å². The third-order valence-corrected chi connectivity index (χ3v) is 4.83. The number of hydrogen-bond acceptors (Lipinski definition) is 3. The van der Waals surface area contributed by atoms with Gasteiger partial charge in [0.2, 0.25) is 11.8 Å². The van der Waals surface area contributed by atoms with E-state index >= 15 is 0 Å². The van der Waals surface area contributed by atoms with Gasteiger partial charge in [0.25, 0.3) is 0 Å². The number of amides is 2. The predicted octanol–water partition coefficient (Wildman–Crippen LogP) is 3.97. The van der Waals surface area contributed by atoms with Crippen LogP contribution in [0.3, 0.4) is 0 Å². The average molecular weight is 442 g/mol. The summed E-state index contributed by atoms with van der Waals surface area (Å²) in [4.78, 5) is 26.0. The molecule has 0 spiro atoms. The molecule has 1 atom stereocenters. The summed E-state index contributed by atoms with van der Waals surface area (Å²) < 4.78 is 67.1. The molecular weight excluding hydrogens is 423 g/mol. The summed E-state index contributed by atoms with van der Waals surface area (Å²) in [7, 11) is 0. The van der Waals surface area contributed by atoms with Crippen LogP contribution in [-0.4, -0.2) is 29.9 Å². The Kier molecular flexibility index (Phi) is 6.77. The number of carbonyl (C=O) groups excluding carboxylic acids is 2. The maximum absolute atomic E-state index is 12.9. The van der Waals surface area contributed by atoms with E-state index < -0.39 is 24.3 Å². The molecule has 1 aliphatic heterocycles. The zero-order valence-electron chi connectivity index (χ0n) is 16.2. The lowest BCUT2D eigenvalue weighted by Gasteiger charge is -2.17. The van der Waals surface area contributed by atoms with Crippen LogP contribution in [0.5, 0.6) is 5.75 Å². The van der Waals surface area contributed by atoms with E-state index in [1.807, 2.05) is 0 Å². The Morgan fingerprint density at radius 2 is 1.84 bits per heavy atom. The smallest absolute Gasteiger partial charge is 0.416 e. The fourth-order valence-electron chi connectivity index (χ4n) is 3.29. The zero-order chi connectivity index (χ0) is 22.6. The molecule has 0 aliphatic carbocycles. The van der Waals surface area contributed by atoms with Crippen molar-refractivity contribution in [2.75, 3.05) is 6.54 Å². The van der Waals surface area contributed by atoms with Crippen LogP contribution in [0.4, 0.5) is 22.0 Å². The highest BCUT2D eigenvalue weighted by atomic mass is 19.4. The number of ether oxygens (including phenoxy) is 1. The fraction of sp³-hybridized carbons (Fsp3) is 0.333. The van der Waals surface area contributed by atoms with E-state index in [1.165, 1.54) is 41.3 Å². The Bertz CT molecular complexity index is 931. The third kappa shape index (κ3) is 6.16. The predicted molar refractivity (Wildman–Crippen MR) is 99.9 cm³/mol. The second-order valence-electron chi connectivity index (χ2n) is 7.11. The van der Waals surface area contributed by atoms with Gasteiger partial charge in [0, 0.05) is 26.1 Å². The molecule has 31 heavy (non-hydrogen) atoms. The molecule has 10 heteroatoms. The van der Waals surface area contributed by atoms with E-state index in [1.54, 1.807) is 0 Å². The highest BCUT2D eigenvalue weighted by Gasteiger charge is 2.35. The van der Waals surface area contributed by atoms with E-state index in [4.69, 9.17) is 0 Å². The van der Waals surface area contributed by atoms with Crippen LogP contribution in [0.15, 0.2) is 48.5 Å². The first-order chi connectivity index (χ1) is 14.6. The van der Waals surface area contributed by atoms with E-state index in [9.17, 15) is 31.5 Å². The van der Waals surface area contributed by atoms with E-state index in [2.05, 4.69) is 10.1 Å². The fourth-order valence-corrected chi connectivity index (χ4v) is 3.29. The van der Waals surface area contributed by atoms with Crippen LogP contribution < -0.4 is 10.1 Å². The summed E-state index contributed by atoms with van der Waals surface area (Å²) in [5.41, 5.74) is 0.186. The molecule has 2 amide bonds. The largest absolute Gasteiger partial charge is 0.435 e. The van der Waals surface area contributed by atoms with Crippen LogP contribution in [0.2, 0.25) is 0 Å². The quantitative estimate of drug-likeness (QED) is 0.661. The molecular formula is C21H19F5N2O3. The number of carbonyl (C=O) groups is 2. The molecule has 5 nitrogen and oxygen atoms in total. The van der Waals surface area contributed by atoms with Crippen LogP contribution in [-0.2, 0) is 28.9 Å². The molecule has 1 aliphatic rings. The van der Waals surface area contributed by atoms with Crippen molar-refractivity contribution in [2.24, 2.45) is 5.92 Å². The molecule has 1 saturated heterocycles. The van der Waals surface area contributed by atoms with Gasteiger partial charge >= 0.3 is 12.8 Å². The van der Waals surface area contributed by atoms with Gasteiger partial charge in [0.15, 0.2) is 0 Å². The van der Waals surface area contributed by atoms with Crippen LogP contribution in [0.25, 0.3) is 0 Å². The molecule has 2 aromatic carbocycles. The monoisotopic (exact) mass is 442 g/mol. The molecule has 3 rings (SSSR count). The number of benzene rings is 2. The molecule has 1 fully saturated rings. The van der Waals surface area contributed by atoms with Gasteiger partial charge < -0.3 is 15.0 Å². The number of hydrogen-bond donors (Lipinski definition) is 1.